The molecule has 0 bridgehead atoms. The van der Waals surface area contributed by atoms with Gasteiger partial charge in [-0.15, -0.1) is 0 Å². The van der Waals surface area contributed by atoms with Gasteiger partial charge in [-0.2, -0.15) is 0 Å². The van der Waals surface area contributed by atoms with Crippen LogP contribution >= 0.6 is 0 Å². The van der Waals surface area contributed by atoms with Gasteiger partial charge in [0.2, 0.25) is 0 Å². The molecule has 0 fully saturated rings. The Labute approximate surface area is 108 Å². The van der Waals surface area contributed by atoms with E-state index in [1.165, 1.54) is 5.56 Å². The van der Waals surface area contributed by atoms with E-state index in [4.69, 9.17) is 0 Å². The van der Waals surface area contributed by atoms with Crippen LogP contribution in [0.5, 0.6) is 5.75 Å². The van der Waals surface area contributed by atoms with Gasteiger partial charge in [0.15, 0.2) is 0 Å². The Balaban J connectivity index is 2.21. The number of phenolic OH excluding ortho intramolecular Hbond substituents is 1. The number of nitrogens with one attached hydrogen (secondary N) is 1. The third-order valence-electron chi connectivity index (χ3n) is 3.05. The fourth-order valence-electron chi connectivity index (χ4n) is 2.08. The molecule has 0 aromatic heterocycles. The maximum absolute atomic E-state index is 9.90. The van der Waals surface area contributed by atoms with Crippen molar-refractivity contribution in [3.63, 3.8) is 0 Å². The number of phenols is 1. The largest absolute Gasteiger partial charge is 0.508 e. The van der Waals surface area contributed by atoms with Gasteiger partial charge < -0.3 is 10.4 Å². The highest BCUT2D eigenvalue weighted by Gasteiger charge is 2.10. The molecular weight excluding hydrogens is 222 g/mol. The van der Waals surface area contributed by atoms with Crippen molar-refractivity contribution < 1.29 is 5.11 Å². The van der Waals surface area contributed by atoms with E-state index in [1.807, 2.05) is 31.2 Å². The quantitative estimate of drug-likeness (QED) is 0.844. The molecule has 2 N–H and O–H groups in total. The molecule has 0 aliphatic heterocycles. The predicted octanol–water partition coefficient (Wildman–Crippen LogP) is 4.18. The van der Waals surface area contributed by atoms with Crippen molar-refractivity contribution in [3.05, 3.63) is 59.2 Å². The van der Waals surface area contributed by atoms with E-state index >= 15 is 0 Å². The zero-order valence-corrected chi connectivity index (χ0v) is 11.1. The molecule has 2 aromatic carbocycles. The lowest BCUT2D eigenvalue weighted by Gasteiger charge is -2.17. The molecule has 2 rings (SSSR count). The lowest BCUT2D eigenvalue weighted by Crippen LogP contribution is -2.07. The first kappa shape index (κ1) is 12.5. The number of rotatable bonds is 3. The van der Waals surface area contributed by atoms with Crippen molar-refractivity contribution in [2.45, 2.75) is 26.8 Å². The first-order valence-corrected chi connectivity index (χ1v) is 6.19. The minimum Gasteiger partial charge on any atom is -0.508 e. The molecule has 2 nitrogen and oxygen atoms in total. The molecule has 1 atom stereocenters. The fourth-order valence-corrected chi connectivity index (χ4v) is 2.08. The van der Waals surface area contributed by atoms with Gasteiger partial charge in [-0.05, 0) is 44.5 Å². The van der Waals surface area contributed by atoms with Crippen LogP contribution in [-0.2, 0) is 0 Å². The molecule has 1 unspecified atom stereocenters. The molecule has 0 saturated heterocycles. The number of aromatic hydroxyl groups is 1. The molecule has 0 heterocycles. The summed E-state index contributed by atoms with van der Waals surface area (Å²) < 4.78 is 0. The molecule has 0 aliphatic rings. The van der Waals surface area contributed by atoms with Crippen LogP contribution in [0.25, 0.3) is 0 Å². The number of anilines is 1. The predicted molar refractivity (Wildman–Crippen MR) is 76.1 cm³/mol. The summed E-state index contributed by atoms with van der Waals surface area (Å²) in [5.41, 5.74) is 4.38. The van der Waals surface area contributed by atoms with Crippen LogP contribution in [0.15, 0.2) is 42.5 Å². The first-order chi connectivity index (χ1) is 8.56. The summed E-state index contributed by atoms with van der Waals surface area (Å²) >= 11 is 0. The summed E-state index contributed by atoms with van der Waals surface area (Å²) in [5, 5.41) is 13.3. The molecule has 94 valence electrons. The van der Waals surface area contributed by atoms with Crippen molar-refractivity contribution in [2.75, 3.05) is 5.32 Å². The van der Waals surface area contributed by atoms with Crippen LogP contribution in [-0.4, -0.2) is 5.11 Å². The summed E-state index contributed by atoms with van der Waals surface area (Å²) in [6, 6.07) is 14.0. The highest BCUT2D eigenvalue weighted by Crippen LogP contribution is 2.27. The van der Waals surface area contributed by atoms with Crippen LogP contribution in [0.4, 0.5) is 5.69 Å². The normalized spacial score (nSPS) is 12.2. The van der Waals surface area contributed by atoms with Gasteiger partial charge in [0.25, 0.3) is 0 Å². The Morgan fingerprint density at radius 3 is 2.44 bits per heavy atom. The fraction of sp³-hybridized carbons (Fsp3) is 0.250. The van der Waals surface area contributed by atoms with Crippen LogP contribution < -0.4 is 5.32 Å². The lowest BCUT2D eigenvalue weighted by atomic mass is 10.0. The summed E-state index contributed by atoms with van der Waals surface area (Å²) in [7, 11) is 0. The van der Waals surface area contributed by atoms with Gasteiger partial charge in [-0.3, -0.25) is 0 Å². The Morgan fingerprint density at radius 1 is 1.00 bits per heavy atom. The second kappa shape index (κ2) is 5.13. The van der Waals surface area contributed by atoms with Crippen LogP contribution in [0.3, 0.4) is 0 Å². The highest BCUT2D eigenvalue weighted by atomic mass is 16.3. The zero-order chi connectivity index (χ0) is 13.1. The molecule has 0 amide bonds. The van der Waals surface area contributed by atoms with Crippen LogP contribution in [0.2, 0.25) is 0 Å². The van der Waals surface area contributed by atoms with Gasteiger partial charge in [0.1, 0.15) is 5.75 Å². The Hall–Kier alpha value is -1.96. The Bertz CT molecular complexity index is 549. The molecule has 2 aromatic rings. The third kappa shape index (κ3) is 2.83. The first-order valence-electron chi connectivity index (χ1n) is 6.19. The SMILES string of the molecule is Cc1cccc(NC(C)c2cc(C)ccc2O)c1. The number of benzene rings is 2. The second-order valence-electron chi connectivity index (χ2n) is 4.80. The van der Waals surface area contributed by atoms with Gasteiger partial charge >= 0.3 is 0 Å². The average molecular weight is 241 g/mol. The number of aryl methyl sites for hydroxylation is 2. The topological polar surface area (TPSA) is 32.3 Å². The standard InChI is InChI=1S/C16H19NO/c1-11-5-4-6-14(9-11)17-13(3)15-10-12(2)7-8-16(15)18/h4-10,13,17-18H,1-3H3. The summed E-state index contributed by atoms with van der Waals surface area (Å²) in [6.45, 7) is 6.15. The molecule has 0 radical (unpaired) electrons. The maximum atomic E-state index is 9.90. The van der Waals surface area contributed by atoms with E-state index in [1.54, 1.807) is 6.07 Å². The van der Waals surface area contributed by atoms with Crippen LogP contribution in [0.1, 0.15) is 29.7 Å². The highest BCUT2D eigenvalue weighted by molar-refractivity contribution is 5.49. The summed E-state index contributed by atoms with van der Waals surface area (Å²) in [4.78, 5) is 0. The van der Waals surface area contributed by atoms with E-state index in [0.717, 1.165) is 16.8 Å². The van der Waals surface area contributed by atoms with Crippen molar-refractivity contribution >= 4 is 5.69 Å². The van der Waals surface area contributed by atoms with E-state index in [2.05, 4.69) is 31.3 Å². The van der Waals surface area contributed by atoms with E-state index in [-0.39, 0.29) is 6.04 Å². The molecule has 0 saturated carbocycles. The lowest BCUT2D eigenvalue weighted by molar-refractivity contribution is 0.465. The average Bonchev–Trinajstić information content (AvgIpc) is 2.32. The summed E-state index contributed by atoms with van der Waals surface area (Å²) in [6.07, 6.45) is 0. The van der Waals surface area contributed by atoms with E-state index in [0.29, 0.717) is 5.75 Å². The Kier molecular flexibility index (Phi) is 3.56. The summed E-state index contributed by atoms with van der Waals surface area (Å²) in [5.74, 6) is 0.341. The molecule has 2 heteroatoms. The van der Waals surface area contributed by atoms with Gasteiger partial charge in [0.05, 0.1) is 6.04 Å². The molecule has 0 spiro atoms. The van der Waals surface area contributed by atoms with Gasteiger partial charge in [0, 0.05) is 11.3 Å². The minimum absolute atomic E-state index is 0.0756. The maximum Gasteiger partial charge on any atom is 0.120 e. The van der Waals surface area contributed by atoms with Crippen molar-refractivity contribution in [2.24, 2.45) is 0 Å². The smallest absolute Gasteiger partial charge is 0.120 e. The molecule has 18 heavy (non-hydrogen) atoms. The van der Waals surface area contributed by atoms with Gasteiger partial charge in [-0.25, -0.2) is 0 Å². The molecule has 0 aliphatic carbocycles. The Morgan fingerprint density at radius 2 is 1.72 bits per heavy atom. The van der Waals surface area contributed by atoms with Crippen molar-refractivity contribution in [3.8, 4) is 5.75 Å². The van der Waals surface area contributed by atoms with Crippen molar-refractivity contribution in [1.29, 1.82) is 0 Å². The second-order valence-corrected chi connectivity index (χ2v) is 4.80. The number of hydrogen-bond donors (Lipinski definition) is 2. The minimum atomic E-state index is 0.0756. The van der Waals surface area contributed by atoms with E-state index in [9.17, 15) is 5.11 Å². The third-order valence-corrected chi connectivity index (χ3v) is 3.05. The zero-order valence-electron chi connectivity index (χ0n) is 11.1. The number of hydrogen-bond acceptors (Lipinski definition) is 2. The van der Waals surface area contributed by atoms with E-state index < -0.39 is 0 Å². The monoisotopic (exact) mass is 241 g/mol. The molecular formula is C16H19NO. The van der Waals surface area contributed by atoms with Crippen molar-refractivity contribution in [1.82, 2.24) is 0 Å². The van der Waals surface area contributed by atoms with Gasteiger partial charge in [-0.1, -0.05) is 29.8 Å². The van der Waals surface area contributed by atoms with Crippen LogP contribution in [0, 0.1) is 13.8 Å².